The zero-order chi connectivity index (χ0) is 19.6. The number of methoxy groups -OCH3 is 2. The van der Waals surface area contributed by atoms with Crippen LogP contribution in [-0.4, -0.2) is 25.2 Å². The second kappa shape index (κ2) is 9.88. The van der Waals surface area contributed by atoms with Crippen LogP contribution in [-0.2, 0) is 17.8 Å². The Labute approximate surface area is 158 Å². The van der Waals surface area contributed by atoms with Crippen LogP contribution < -0.4 is 14.8 Å². The van der Waals surface area contributed by atoms with Crippen molar-refractivity contribution in [3.63, 3.8) is 0 Å². The van der Waals surface area contributed by atoms with E-state index in [0.29, 0.717) is 30.9 Å². The third-order valence-corrected chi connectivity index (χ3v) is 3.98. The first-order valence-electron chi connectivity index (χ1n) is 8.45. The Morgan fingerprint density at radius 2 is 1.78 bits per heavy atom. The maximum Gasteiger partial charge on any atom is 0.261 e. The van der Waals surface area contributed by atoms with Crippen molar-refractivity contribution in [1.29, 1.82) is 5.26 Å². The summed E-state index contributed by atoms with van der Waals surface area (Å²) in [6, 6.07) is 14.8. The van der Waals surface area contributed by atoms with Crippen molar-refractivity contribution >= 4 is 5.91 Å². The molecular weight excluding hydrogens is 344 g/mol. The molecule has 0 fully saturated rings. The van der Waals surface area contributed by atoms with E-state index in [1.54, 1.807) is 18.2 Å². The van der Waals surface area contributed by atoms with Crippen molar-refractivity contribution in [2.75, 3.05) is 14.2 Å². The number of allylic oxidation sites excluding steroid dienone is 1. The molecule has 0 spiro atoms. The van der Waals surface area contributed by atoms with E-state index < -0.39 is 5.91 Å². The summed E-state index contributed by atoms with van der Waals surface area (Å²) < 4.78 is 10.3. The molecule has 2 rings (SSSR count). The smallest absolute Gasteiger partial charge is 0.261 e. The number of nitrogens with one attached hydrogen (secondary N) is 1. The van der Waals surface area contributed by atoms with E-state index in [1.165, 1.54) is 14.2 Å². The van der Waals surface area contributed by atoms with Crippen LogP contribution in [0, 0.1) is 11.3 Å². The monoisotopic (exact) mass is 366 g/mol. The molecule has 0 aliphatic heterocycles. The normalized spacial score (nSPS) is 10.8. The Balaban J connectivity index is 1.99. The zero-order valence-electron chi connectivity index (χ0n) is 15.4. The summed E-state index contributed by atoms with van der Waals surface area (Å²) in [7, 11) is 2.92. The van der Waals surface area contributed by atoms with E-state index in [2.05, 4.69) is 5.32 Å². The van der Waals surface area contributed by atoms with Gasteiger partial charge in [-0.15, -0.1) is 0 Å². The fourth-order valence-corrected chi connectivity index (χ4v) is 2.54. The number of phenols is 1. The van der Waals surface area contributed by atoms with Gasteiger partial charge >= 0.3 is 0 Å². The second-order valence-corrected chi connectivity index (χ2v) is 5.79. The lowest BCUT2D eigenvalue weighted by Crippen LogP contribution is -2.24. The van der Waals surface area contributed by atoms with Crippen LogP contribution in [0.15, 0.2) is 54.1 Å². The van der Waals surface area contributed by atoms with Crippen molar-refractivity contribution < 1.29 is 19.4 Å². The molecule has 0 aromatic heterocycles. The largest absolute Gasteiger partial charge is 0.502 e. The highest BCUT2D eigenvalue weighted by Crippen LogP contribution is 2.37. The lowest BCUT2D eigenvalue weighted by molar-refractivity contribution is -0.117. The van der Waals surface area contributed by atoms with Crippen LogP contribution in [0.3, 0.4) is 0 Å². The fraction of sp³-hybridized carbons (Fsp3) is 0.238. The Morgan fingerprint density at radius 1 is 1.15 bits per heavy atom. The lowest BCUT2D eigenvalue weighted by Gasteiger charge is -2.10. The molecule has 6 nitrogen and oxygen atoms in total. The minimum absolute atomic E-state index is 0.0581. The van der Waals surface area contributed by atoms with Gasteiger partial charge in [0.25, 0.3) is 5.91 Å². The number of benzene rings is 2. The second-order valence-electron chi connectivity index (χ2n) is 5.79. The first-order chi connectivity index (χ1) is 13.1. The number of aryl methyl sites for hydroxylation is 1. The van der Waals surface area contributed by atoms with Crippen molar-refractivity contribution in [2.24, 2.45) is 0 Å². The van der Waals surface area contributed by atoms with Gasteiger partial charge in [-0.2, -0.15) is 5.26 Å². The Hall–Kier alpha value is -3.46. The van der Waals surface area contributed by atoms with Crippen molar-refractivity contribution in [3.8, 4) is 23.3 Å². The molecule has 0 bridgehead atoms. The summed E-state index contributed by atoms with van der Waals surface area (Å²) in [5, 5.41) is 21.9. The van der Waals surface area contributed by atoms with Crippen LogP contribution in [0.2, 0.25) is 0 Å². The molecule has 2 aromatic rings. The molecule has 0 saturated carbocycles. The van der Waals surface area contributed by atoms with Crippen molar-refractivity contribution in [3.05, 3.63) is 65.2 Å². The number of carbonyl (C=O) groups excluding carboxylic acids is 1. The van der Waals surface area contributed by atoms with Crippen LogP contribution in [0.5, 0.6) is 17.2 Å². The molecule has 140 valence electrons. The maximum atomic E-state index is 12.2. The van der Waals surface area contributed by atoms with Gasteiger partial charge in [-0.05, 0) is 36.1 Å². The minimum Gasteiger partial charge on any atom is -0.502 e. The van der Waals surface area contributed by atoms with Gasteiger partial charge in [0, 0.05) is 6.54 Å². The average Bonchev–Trinajstić information content (AvgIpc) is 2.71. The van der Waals surface area contributed by atoms with E-state index in [1.807, 2.05) is 36.4 Å². The number of phenolic OH excluding ortho intramolecular Hbond substituents is 1. The molecule has 0 unspecified atom stereocenters. The number of ether oxygens (including phenoxy) is 2. The highest BCUT2D eigenvalue weighted by molar-refractivity contribution is 5.97. The highest BCUT2D eigenvalue weighted by atomic mass is 16.5. The summed E-state index contributed by atoms with van der Waals surface area (Å²) in [5.74, 6) is 0.170. The van der Waals surface area contributed by atoms with Crippen LogP contribution in [0.1, 0.15) is 17.5 Å². The van der Waals surface area contributed by atoms with Crippen LogP contribution in [0.25, 0.3) is 0 Å². The molecule has 2 N–H and O–H groups in total. The van der Waals surface area contributed by atoms with E-state index in [4.69, 9.17) is 9.47 Å². The standard InChI is InChI=1S/C21H22N2O4/c1-26-18-11-16(12-19(27-2)20(18)24)9-6-10-17(13-22)21(25)23-14-15-7-4-3-5-8-15/h3-5,7-8,10-12,24H,6,9,14H2,1-2H3,(H,23,25)/b17-10+. The van der Waals surface area contributed by atoms with Gasteiger partial charge in [-0.1, -0.05) is 36.4 Å². The Morgan fingerprint density at radius 3 is 2.33 bits per heavy atom. The van der Waals surface area contributed by atoms with E-state index in [-0.39, 0.29) is 11.3 Å². The van der Waals surface area contributed by atoms with Gasteiger partial charge < -0.3 is 19.9 Å². The molecule has 2 aromatic carbocycles. The molecule has 0 heterocycles. The first kappa shape index (κ1) is 19.9. The number of aromatic hydroxyl groups is 1. The molecule has 1 amide bonds. The topological polar surface area (TPSA) is 91.6 Å². The predicted molar refractivity (Wildman–Crippen MR) is 102 cm³/mol. The van der Waals surface area contributed by atoms with Gasteiger partial charge in [-0.3, -0.25) is 4.79 Å². The number of amides is 1. The van der Waals surface area contributed by atoms with Crippen molar-refractivity contribution in [2.45, 2.75) is 19.4 Å². The minimum atomic E-state index is -0.401. The first-order valence-corrected chi connectivity index (χ1v) is 8.45. The number of hydrogen-bond donors (Lipinski definition) is 2. The number of nitrogens with zero attached hydrogens (tertiary/aromatic N) is 1. The van der Waals surface area contributed by atoms with E-state index in [9.17, 15) is 15.2 Å². The molecule has 0 atom stereocenters. The SMILES string of the molecule is COc1cc(CC/C=C(\C#N)C(=O)NCc2ccccc2)cc(OC)c1O. The summed E-state index contributed by atoms with van der Waals surface area (Å²) in [6.07, 6.45) is 2.65. The third-order valence-electron chi connectivity index (χ3n) is 3.98. The molecule has 27 heavy (non-hydrogen) atoms. The molecule has 0 aliphatic carbocycles. The fourth-order valence-electron chi connectivity index (χ4n) is 2.54. The van der Waals surface area contributed by atoms with Gasteiger partial charge in [0.2, 0.25) is 5.75 Å². The molecule has 0 radical (unpaired) electrons. The van der Waals surface area contributed by atoms with Crippen LogP contribution >= 0.6 is 0 Å². The molecule has 6 heteroatoms. The third kappa shape index (κ3) is 5.51. The summed E-state index contributed by atoms with van der Waals surface area (Å²) in [6.45, 7) is 0.366. The van der Waals surface area contributed by atoms with Gasteiger partial charge in [0.15, 0.2) is 11.5 Å². The summed E-state index contributed by atoms with van der Waals surface area (Å²) in [4.78, 5) is 12.2. The van der Waals surface area contributed by atoms with Crippen LogP contribution in [0.4, 0.5) is 0 Å². The predicted octanol–water partition coefficient (Wildman–Crippen LogP) is 3.11. The number of carbonyl (C=O) groups is 1. The van der Waals surface area contributed by atoms with E-state index >= 15 is 0 Å². The summed E-state index contributed by atoms with van der Waals surface area (Å²) in [5.41, 5.74) is 1.90. The Kier molecular flexibility index (Phi) is 7.26. The van der Waals surface area contributed by atoms with Crippen molar-refractivity contribution in [1.82, 2.24) is 5.32 Å². The molecule has 0 aliphatic rings. The Bertz CT molecular complexity index is 829. The average molecular weight is 366 g/mol. The summed E-state index contributed by atoms with van der Waals surface area (Å²) >= 11 is 0. The molecule has 0 saturated heterocycles. The number of rotatable bonds is 8. The lowest BCUT2D eigenvalue weighted by atomic mass is 10.1. The van der Waals surface area contributed by atoms with Gasteiger partial charge in [-0.25, -0.2) is 0 Å². The number of nitriles is 1. The molecular formula is C21H22N2O4. The zero-order valence-corrected chi connectivity index (χ0v) is 15.4. The highest BCUT2D eigenvalue weighted by Gasteiger charge is 2.12. The maximum absolute atomic E-state index is 12.2. The quantitative estimate of drug-likeness (QED) is 0.553. The number of hydrogen-bond acceptors (Lipinski definition) is 5. The van der Waals surface area contributed by atoms with E-state index in [0.717, 1.165) is 11.1 Å². The van der Waals surface area contributed by atoms with Gasteiger partial charge in [0.1, 0.15) is 11.6 Å². The van der Waals surface area contributed by atoms with Gasteiger partial charge in [0.05, 0.1) is 14.2 Å².